The molecule has 0 spiro atoms. The summed E-state index contributed by atoms with van der Waals surface area (Å²) in [5.41, 5.74) is 1.80. The van der Waals surface area contributed by atoms with Gasteiger partial charge in [-0.15, -0.1) is 11.8 Å². The molecular formula is C17H17BrN2OS. The zero-order chi connectivity index (χ0) is 15.5. The van der Waals surface area contributed by atoms with E-state index in [1.807, 2.05) is 59.1 Å². The number of halogens is 1. The van der Waals surface area contributed by atoms with E-state index in [1.54, 1.807) is 0 Å². The van der Waals surface area contributed by atoms with Crippen molar-refractivity contribution >= 4 is 45.1 Å². The molecule has 0 aliphatic carbocycles. The highest BCUT2D eigenvalue weighted by atomic mass is 79.9. The summed E-state index contributed by atoms with van der Waals surface area (Å²) < 4.78 is 0.997. The third-order valence-electron chi connectivity index (χ3n) is 3.63. The molecule has 0 bridgehead atoms. The smallest absolute Gasteiger partial charge is 0.308 e. The highest BCUT2D eigenvalue weighted by Gasteiger charge is 2.28. The van der Waals surface area contributed by atoms with Gasteiger partial charge in [-0.3, -0.25) is 4.90 Å². The largest absolute Gasteiger partial charge is 0.326 e. The molecule has 1 atom stereocenters. The molecule has 0 saturated heterocycles. The normalized spacial score (nSPS) is 17.0. The van der Waals surface area contributed by atoms with Crippen LogP contribution in [0.15, 0.2) is 57.9 Å². The lowest BCUT2D eigenvalue weighted by molar-refractivity contribution is 0.256. The van der Waals surface area contributed by atoms with E-state index in [0.717, 1.165) is 28.8 Å². The van der Waals surface area contributed by atoms with Crippen LogP contribution in [0.4, 0.5) is 16.2 Å². The molecule has 1 unspecified atom stereocenters. The van der Waals surface area contributed by atoms with E-state index < -0.39 is 0 Å². The average Bonchev–Trinajstić information content (AvgIpc) is 2.55. The number of carbonyl (C=O) groups excluding carboxylic acids is 1. The van der Waals surface area contributed by atoms with Crippen molar-refractivity contribution in [2.24, 2.45) is 0 Å². The highest BCUT2D eigenvalue weighted by Crippen LogP contribution is 2.39. The van der Waals surface area contributed by atoms with Crippen molar-refractivity contribution in [1.82, 2.24) is 0 Å². The monoisotopic (exact) mass is 376 g/mol. The van der Waals surface area contributed by atoms with Crippen LogP contribution in [0.3, 0.4) is 0 Å². The number of anilines is 2. The van der Waals surface area contributed by atoms with Gasteiger partial charge in [0, 0.05) is 26.9 Å². The predicted molar refractivity (Wildman–Crippen MR) is 96.9 cm³/mol. The number of hydrogen-bond acceptors (Lipinski definition) is 2. The van der Waals surface area contributed by atoms with Crippen LogP contribution in [0.1, 0.15) is 13.3 Å². The van der Waals surface area contributed by atoms with Gasteiger partial charge in [0.1, 0.15) is 0 Å². The van der Waals surface area contributed by atoms with Gasteiger partial charge in [0.05, 0.1) is 5.69 Å². The van der Waals surface area contributed by atoms with Crippen LogP contribution in [-0.2, 0) is 0 Å². The molecule has 3 rings (SSSR count). The van der Waals surface area contributed by atoms with Gasteiger partial charge in [-0.25, -0.2) is 4.79 Å². The van der Waals surface area contributed by atoms with E-state index in [9.17, 15) is 4.79 Å². The first kappa shape index (κ1) is 15.4. The maximum absolute atomic E-state index is 12.7. The minimum Gasteiger partial charge on any atom is -0.308 e. The maximum Gasteiger partial charge on any atom is 0.326 e. The first-order valence-electron chi connectivity index (χ1n) is 7.27. The highest BCUT2D eigenvalue weighted by molar-refractivity contribution is 9.10. The lowest BCUT2D eigenvalue weighted by Crippen LogP contribution is -2.41. The Morgan fingerprint density at radius 1 is 1.27 bits per heavy atom. The number of thioether (sulfide) groups is 1. The molecule has 114 valence electrons. The summed E-state index contributed by atoms with van der Waals surface area (Å²) in [4.78, 5) is 15.7. The fourth-order valence-electron chi connectivity index (χ4n) is 2.43. The van der Waals surface area contributed by atoms with Crippen molar-refractivity contribution in [3.05, 3.63) is 53.0 Å². The van der Waals surface area contributed by atoms with Crippen molar-refractivity contribution < 1.29 is 4.79 Å². The van der Waals surface area contributed by atoms with Crippen LogP contribution in [0.2, 0.25) is 0 Å². The van der Waals surface area contributed by atoms with Crippen molar-refractivity contribution in [2.75, 3.05) is 16.8 Å². The van der Waals surface area contributed by atoms with Crippen LogP contribution >= 0.6 is 27.7 Å². The zero-order valence-corrected chi connectivity index (χ0v) is 14.7. The van der Waals surface area contributed by atoms with Gasteiger partial charge in [-0.05, 0) is 42.8 Å². The fraction of sp³-hybridized carbons (Fsp3) is 0.235. The quantitative estimate of drug-likeness (QED) is 0.763. The molecule has 1 aliphatic rings. The summed E-state index contributed by atoms with van der Waals surface area (Å²) >= 11 is 5.26. The number of hydrogen-bond donors (Lipinski definition) is 1. The Balaban J connectivity index is 1.83. The lowest BCUT2D eigenvalue weighted by atomic mass is 10.2. The van der Waals surface area contributed by atoms with Gasteiger partial charge >= 0.3 is 6.03 Å². The molecule has 2 aromatic rings. The van der Waals surface area contributed by atoms with Crippen molar-refractivity contribution in [3.63, 3.8) is 0 Å². The van der Waals surface area contributed by atoms with E-state index in [4.69, 9.17) is 0 Å². The van der Waals surface area contributed by atoms with Gasteiger partial charge in [0.2, 0.25) is 0 Å². The second kappa shape index (κ2) is 6.75. The van der Waals surface area contributed by atoms with Gasteiger partial charge < -0.3 is 5.32 Å². The van der Waals surface area contributed by atoms with Crippen LogP contribution in [0.25, 0.3) is 0 Å². The Kier molecular flexibility index (Phi) is 4.74. The molecule has 2 amide bonds. The maximum atomic E-state index is 12.7. The molecule has 0 aromatic heterocycles. The van der Waals surface area contributed by atoms with Crippen LogP contribution in [-0.4, -0.2) is 17.8 Å². The van der Waals surface area contributed by atoms with Gasteiger partial charge in [0.15, 0.2) is 0 Å². The van der Waals surface area contributed by atoms with E-state index in [1.165, 1.54) is 4.90 Å². The van der Waals surface area contributed by atoms with Crippen molar-refractivity contribution in [2.45, 2.75) is 23.5 Å². The second-order valence-electron chi connectivity index (χ2n) is 5.16. The summed E-state index contributed by atoms with van der Waals surface area (Å²) in [5, 5.41) is 3.42. The SMILES string of the molecule is CCC1CN(C(=O)Nc2ccc(Br)cc2)c2ccccc2S1. The number of fused-ring (bicyclic) bond motifs is 1. The first-order chi connectivity index (χ1) is 10.7. The van der Waals surface area contributed by atoms with Gasteiger partial charge in [0.25, 0.3) is 0 Å². The molecule has 1 aliphatic heterocycles. The van der Waals surface area contributed by atoms with E-state index in [2.05, 4.69) is 34.2 Å². The van der Waals surface area contributed by atoms with Gasteiger partial charge in [-0.2, -0.15) is 0 Å². The molecular weight excluding hydrogens is 360 g/mol. The molecule has 22 heavy (non-hydrogen) atoms. The minimum absolute atomic E-state index is 0.0754. The molecule has 3 nitrogen and oxygen atoms in total. The number of para-hydroxylation sites is 1. The summed E-state index contributed by atoms with van der Waals surface area (Å²) in [5.74, 6) is 0. The van der Waals surface area contributed by atoms with Crippen LogP contribution in [0, 0.1) is 0 Å². The number of nitrogens with one attached hydrogen (secondary N) is 1. The Bertz CT molecular complexity index is 675. The molecule has 0 fully saturated rings. The Labute approximate surface area is 143 Å². The zero-order valence-electron chi connectivity index (χ0n) is 12.3. The van der Waals surface area contributed by atoms with Crippen molar-refractivity contribution in [1.29, 1.82) is 0 Å². The molecule has 5 heteroatoms. The minimum atomic E-state index is -0.0754. The number of amides is 2. The molecule has 0 saturated carbocycles. The molecule has 1 heterocycles. The summed E-state index contributed by atoms with van der Waals surface area (Å²) in [7, 11) is 0. The van der Waals surface area contributed by atoms with E-state index in [-0.39, 0.29) is 6.03 Å². The second-order valence-corrected chi connectivity index (χ2v) is 7.42. The van der Waals surface area contributed by atoms with E-state index in [0.29, 0.717) is 5.25 Å². The molecule has 1 N–H and O–H groups in total. The number of nitrogens with zero attached hydrogens (tertiary/aromatic N) is 1. The number of urea groups is 1. The predicted octanol–water partition coefficient (Wildman–Crippen LogP) is 5.37. The summed E-state index contributed by atoms with van der Waals surface area (Å²) in [6.07, 6.45) is 1.04. The average molecular weight is 377 g/mol. The first-order valence-corrected chi connectivity index (χ1v) is 8.94. The number of carbonyl (C=O) groups is 1. The topological polar surface area (TPSA) is 32.3 Å². The van der Waals surface area contributed by atoms with Gasteiger partial charge in [-0.1, -0.05) is 35.0 Å². The Morgan fingerprint density at radius 2 is 2.00 bits per heavy atom. The third-order valence-corrected chi connectivity index (χ3v) is 5.58. The van der Waals surface area contributed by atoms with Crippen LogP contribution in [0.5, 0.6) is 0 Å². The summed E-state index contributed by atoms with van der Waals surface area (Å²) in [6, 6.07) is 15.6. The third kappa shape index (κ3) is 3.31. The Hall–Kier alpha value is -1.46. The van der Waals surface area contributed by atoms with Crippen molar-refractivity contribution in [3.8, 4) is 0 Å². The van der Waals surface area contributed by atoms with E-state index >= 15 is 0 Å². The van der Waals surface area contributed by atoms with Crippen LogP contribution < -0.4 is 10.2 Å². The molecule has 0 radical (unpaired) electrons. The Morgan fingerprint density at radius 3 is 2.73 bits per heavy atom. The lowest BCUT2D eigenvalue weighted by Gasteiger charge is -2.33. The fourth-order valence-corrected chi connectivity index (χ4v) is 3.90. The molecule has 2 aromatic carbocycles. The number of benzene rings is 2. The number of rotatable bonds is 2. The standard InChI is InChI=1S/C17H17BrN2OS/c1-2-14-11-20(15-5-3-4-6-16(15)22-14)17(21)19-13-9-7-12(18)8-10-13/h3-10,14H,2,11H2,1H3,(H,19,21). The summed E-state index contributed by atoms with van der Waals surface area (Å²) in [6.45, 7) is 2.90.